The SMILES string of the molecule is CC(C)N1CCNCC1C12CC3CC(CC(C3)C1)C2. The van der Waals surface area contributed by atoms with Gasteiger partial charge in [-0.15, -0.1) is 0 Å². The molecule has 0 aromatic carbocycles. The van der Waals surface area contributed by atoms with Crippen molar-refractivity contribution in [2.24, 2.45) is 23.2 Å². The molecule has 2 nitrogen and oxygen atoms in total. The van der Waals surface area contributed by atoms with Crippen LogP contribution >= 0.6 is 0 Å². The summed E-state index contributed by atoms with van der Waals surface area (Å²) in [4.78, 5) is 2.84. The highest BCUT2D eigenvalue weighted by molar-refractivity contribution is 5.08. The Morgan fingerprint density at radius 3 is 2.11 bits per heavy atom. The Morgan fingerprint density at radius 1 is 1.00 bits per heavy atom. The van der Waals surface area contributed by atoms with Gasteiger partial charge in [-0.3, -0.25) is 4.90 Å². The van der Waals surface area contributed by atoms with Gasteiger partial charge in [-0.2, -0.15) is 0 Å². The topological polar surface area (TPSA) is 15.3 Å². The van der Waals surface area contributed by atoms with Gasteiger partial charge in [0.05, 0.1) is 0 Å². The lowest BCUT2D eigenvalue weighted by Crippen LogP contribution is -2.64. The minimum Gasteiger partial charge on any atom is -0.314 e. The largest absolute Gasteiger partial charge is 0.314 e. The van der Waals surface area contributed by atoms with Crippen molar-refractivity contribution in [1.29, 1.82) is 0 Å². The third-order valence-corrected chi connectivity index (χ3v) is 6.74. The van der Waals surface area contributed by atoms with Crippen LogP contribution in [0.5, 0.6) is 0 Å². The summed E-state index contributed by atoms with van der Waals surface area (Å²) < 4.78 is 0. The second kappa shape index (κ2) is 4.46. The minimum absolute atomic E-state index is 0.687. The van der Waals surface area contributed by atoms with E-state index in [9.17, 15) is 0 Å². The molecule has 0 radical (unpaired) electrons. The molecule has 0 amide bonds. The lowest BCUT2D eigenvalue weighted by Gasteiger charge is -2.62. The van der Waals surface area contributed by atoms with Gasteiger partial charge in [0.1, 0.15) is 0 Å². The molecule has 0 aromatic heterocycles. The molecule has 1 aliphatic heterocycles. The average molecular weight is 262 g/mol. The molecule has 4 aliphatic carbocycles. The molecular formula is C17H30N2. The average Bonchev–Trinajstić information content (AvgIpc) is 2.37. The van der Waals surface area contributed by atoms with E-state index in [1.54, 1.807) is 38.5 Å². The van der Waals surface area contributed by atoms with Crippen molar-refractivity contribution in [3.63, 3.8) is 0 Å². The second-order valence-electron chi connectivity index (χ2n) is 8.33. The summed E-state index contributed by atoms with van der Waals surface area (Å²) in [5.74, 6) is 3.26. The maximum Gasteiger partial charge on any atom is 0.0280 e. The zero-order chi connectivity index (χ0) is 13.0. The lowest BCUT2D eigenvalue weighted by molar-refractivity contribution is -0.111. The highest BCUT2D eigenvalue weighted by Crippen LogP contribution is 2.62. The van der Waals surface area contributed by atoms with E-state index in [4.69, 9.17) is 0 Å². The summed E-state index contributed by atoms with van der Waals surface area (Å²) in [5.41, 5.74) is 0.687. The maximum absolute atomic E-state index is 3.70. The van der Waals surface area contributed by atoms with Crippen molar-refractivity contribution in [3.8, 4) is 0 Å². The minimum atomic E-state index is 0.687. The zero-order valence-electron chi connectivity index (χ0n) is 12.7. The van der Waals surface area contributed by atoms with E-state index in [2.05, 4.69) is 24.1 Å². The van der Waals surface area contributed by atoms with E-state index < -0.39 is 0 Å². The van der Waals surface area contributed by atoms with Crippen molar-refractivity contribution in [2.75, 3.05) is 19.6 Å². The lowest BCUT2D eigenvalue weighted by atomic mass is 9.47. The number of hydrogen-bond donors (Lipinski definition) is 1. The summed E-state index contributed by atoms with van der Waals surface area (Å²) in [7, 11) is 0. The van der Waals surface area contributed by atoms with Crippen LogP contribution in [-0.4, -0.2) is 36.6 Å². The molecule has 0 spiro atoms. The van der Waals surface area contributed by atoms with Crippen LogP contribution in [0.15, 0.2) is 0 Å². The molecule has 4 bridgehead atoms. The molecule has 2 heteroatoms. The predicted molar refractivity (Wildman–Crippen MR) is 79.1 cm³/mol. The first-order valence-corrected chi connectivity index (χ1v) is 8.63. The number of rotatable bonds is 2. The molecular weight excluding hydrogens is 232 g/mol. The molecule has 19 heavy (non-hydrogen) atoms. The van der Waals surface area contributed by atoms with Crippen LogP contribution in [0.3, 0.4) is 0 Å². The first-order valence-electron chi connectivity index (χ1n) is 8.63. The summed E-state index contributed by atoms with van der Waals surface area (Å²) in [5, 5.41) is 3.70. The van der Waals surface area contributed by atoms with Crippen molar-refractivity contribution in [1.82, 2.24) is 10.2 Å². The van der Waals surface area contributed by atoms with Gasteiger partial charge in [0.15, 0.2) is 0 Å². The smallest absolute Gasteiger partial charge is 0.0280 e. The molecule has 1 unspecified atom stereocenters. The number of nitrogens with one attached hydrogen (secondary N) is 1. The van der Waals surface area contributed by atoms with Gasteiger partial charge in [0.2, 0.25) is 0 Å². The molecule has 5 rings (SSSR count). The normalized spacial score (nSPS) is 50.1. The molecule has 5 aliphatic rings. The molecule has 0 aromatic rings. The Kier molecular flexibility index (Phi) is 2.97. The Morgan fingerprint density at radius 2 is 1.58 bits per heavy atom. The van der Waals surface area contributed by atoms with E-state index >= 15 is 0 Å². The number of piperazine rings is 1. The van der Waals surface area contributed by atoms with Crippen molar-refractivity contribution in [3.05, 3.63) is 0 Å². The third kappa shape index (κ3) is 1.98. The first-order chi connectivity index (χ1) is 9.16. The van der Waals surface area contributed by atoms with Crippen LogP contribution in [0.25, 0.3) is 0 Å². The molecule has 4 saturated carbocycles. The quantitative estimate of drug-likeness (QED) is 0.823. The van der Waals surface area contributed by atoms with E-state index in [1.807, 2.05) is 0 Å². The van der Waals surface area contributed by atoms with Gasteiger partial charge in [-0.25, -0.2) is 0 Å². The Balaban J connectivity index is 1.62. The monoisotopic (exact) mass is 262 g/mol. The summed E-state index contributed by atoms with van der Waals surface area (Å²) in [6.45, 7) is 8.52. The summed E-state index contributed by atoms with van der Waals surface area (Å²) in [6, 6.07) is 1.55. The maximum atomic E-state index is 3.70. The van der Waals surface area contributed by atoms with Gasteiger partial charge in [0, 0.05) is 31.7 Å². The van der Waals surface area contributed by atoms with E-state index in [0.29, 0.717) is 5.41 Å². The van der Waals surface area contributed by atoms with Crippen LogP contribution < -0.4 is 5.32 Å². The Hall–Kier alpha value is -0.0800. The Bertz CT molecular complexity index is 314. The number of nitrogens with zero attached hydrogens (tertiary/aromatic N) is 1. The fourth-order valence-corrected chi connectivity index (χ4v) is 6.49. The van der Waals surface area contributed by atoms with Crippen LogP contribution in [0.1, 0.15) is 52.4 Å². The highest BCUT2D eigenvalue weighted by atomic mass is 15.2. The Labute approximate surface area is 118 Å². The van der Waals surface area contributed by atoms with Crippen molar-refractivity contribution >= 4 is 0 Å². The fraction of sp³-hybridized carbons (Fsp3) is 1.00. The van der Waals surface area contributed by atoms with Gasteiger partial charge < -0.3 is 5.32 Å². The molecule has 1 heterocycles. The van der Waals surface area contributed by atoms with E-state index in [1.165, 1.54) is 19.6 Å². The fourth-order valence-electron chi connectivity index (χ4n) is 6.49. The molecule has 1 N–H and O–H groups in total. The van der Waals surface area contributed by atoms with Gasteiger partial charge in [0.25, 0.3) is 0 Å². The zero-order valence-corrected chi connectivity index (χ0v) is 12.7. The summed E-state index contributed by atoms with van der Waals surface area (Å²) >= 11 is 0. The van der Waals surface area contributed by atoms with Crippen LogP contribution in [0, 0.1) is 23.2 Å². The summed E-state index contributed by atoms with van der Waals surface area (Å²) in [6.07, 6.45) is 9.36. The molecule has 5 fully saturated rings. The standard InChI is InChI=1S/C17H30N2/c1-12(2)19-4-3-18-11-16(19)17-8-13-5-14(9-17)7-15(6-13)10-17/h12-16,18H,3-11H2,1-2H3. The third-order valence-electron chi connectivity index (χ3n) is 6.74. The van der Waals surface area contributed by atoms with Crippen LogP contribution in [0.4, 0.5) is 0 Å². The van der Waals surface area contributed by atoms with Crippen molar-refractivity contribution in [2.45, 2.75) is 64.5 Å². The molecule has 1 saturated heterocycles. The molecule has 108 valence electrons. The first kappa shape index (κ1) is 12.6. The van der Waals surface area contributed by atoms with Gasteiger partial charge in [-0.1, -0.05) is 0 Å². The van der Waals surface area contributed by atoms with Gasteiger partial charge in [-0.05, 0) is 75.5 Å². The van der Waals surface area contributed by atoms with Crippen LogP contribution in [-0.2, 0) is 0 Å². The highest BCUT2D eigenvalue weighted by Gasteiger charge is 2.55. The predicted octanol–water partition coefficient (Wildman–Crippen LogP) is 2.89. The second-order valence-corrected chi connectivity index (χ2v) is 8.33. The van der Waals surface area contributed by atoms with E-state index in [-0.39, 0.29) is 0 Å². The molecule has 1 atom stereocenters. The number of hydrogen-bond acceptors (Lipinski definition) is 2. The van der Waals surface area contributed by atoms with Gasteiger partial charge >= 0.3 is 0 Å². The van der Waals surface area contributed by atoms with E-state index in [0.717, 1.165) is 29.8 Å². The van der Waals surface area contributed by atoms with Crippen molar-refractivity contribution < 1.29 is 0 Å². The van der Waals surface area contributed by atoms with Crippen LogP contribution in [0.2, 0.25) is 0 Å².